The zero-order chi connectivity index (χ0) is 15.4. The fourth-order valence-electron chi connectivity index (χ4n) is 2.49. The molecule has 3 rings (SSSR count). The predicted molar refractivity (Wildman–Crippen MR) is 83.7 cm³/mol. The molecule has 0 saturated heterocycles. The van der Waals surface area contributed by atoms with Crippen LogP contribution in [0.5, 0.6) is 5.75 Å². The van der Waals surface area contributed by atoms with E-state index in [4.69, 9.17) is 9.15 Å². The van der Waals surface area contributed by atoms with Crippen molar-refractivity contribution < 1.29 is 19.6 Å². The second-order valence-corrected chi connectivity index (χ2v) is 5.44. The number of hydrogen-bond donors (Lipinski definition) is 3. The van der Waals surface area contributed by atoms with Crippen molar-refractivity contribution in [1.82, 2.24) is 4.98 Å². The summed E-state index contributed by atoms with van der Waals surface area (Å²) in [5.74, 6) is 1.70. The van der Waals surface area contributed by atoms with Crippen LogP contribution in [0, 0.1) is 6.92 Å². The average molecular weight is 301 g/mol. The van der Waals surface area contributed by atoms with Crippen molar-refractivity contribution in [2.75, 3.05) is 13.2 Å². The lowest BCUT2D eigenvalue weighted by Gasteiger charge is -2.11. The maximum Gasteiger partial charge on any atom is 0.157 e. The first kappa shape index (κ1) is 14.7. The van der Waals surface area contributed by atoms with Gasteiger partial charge in [-0.25, -0.2) is 0 Å². The number of aliphatic hydroxyl groups excluding tert-OH is 1. The van der Waals surface area contributed by atoms with E-state index in [1.54, 1.807) is 6.26 Å². The summed E-state index contributed by atoms with van der Waals surface area (Å²) in [6.45, 7) is 3.58. The van der Waals surface area contributed by atoms with E-state index in [2.05, 4.69) is 11.1 Å². The first-order valence-corrected chi connectivity index (χ1v) is 7.45. The molecular weight excluding hydrogens is 280 g/mol. The Labute approximate surface area is 128 Å². The number of aryl methyl sites for hydroxylation is 1. The van der Waals surface area contributed by atoms with Crippen LogP contribution in [0.25, 0.3) is 10.9 Å². The Kier molecular flexibility index (Phi) is 4.46. The number of nitrogens with one attached hydrogen (secondary N) is 1. The number of furan rings is 1. The van der Waals surface area contributed by atoms with E-state index in [9.17, 15) is 5.11 Å². The molecule has 0 aliphatic heterocycles. The Bertz CT molecular complexity index is 719. The average Bonchev–Trinajstić information content (AvgIpc) is 3.13. The van der Waals surface area contributed by atoms with Gasteiger partial charge in [-0.1, -0.05) is 6.07 Å². The van der Waals surface area contributed by atoms with Crippen molar-refractivity contribution in [2.24, 2.45) is 0 Å². The lowest BCUT2D eigenvalue weighted by Crippen LogP contribution is -2.85. The van der Waals surface area contributed by atoms with Gasteiger partial charge in [-0.15, -0.1) is 0 Å². The van der Waals surface area contributed by atoms with Gasteiger partial charge in [0.05, 0.1) is 6.26 Å². The largest absolute Gasteiger partial charge is 0.490 e. The third-order valence-corrected chi connectivity index (χ3v) is 3.55. The Morgan fingerprint density at radius 2 is 2.23 bits per heavy atom. The Morgan fingerprint density at radius 1 is 1.32 bits per heavy atom. The minimum Gasteiger partial charge on any atom is -0.490 e. The minimum atomic E-state index is -0.523. The molecule has 0 unspecified atom stereocenters. The summed E-state index contributed by atoms with van der Waals surface area (Å²) < 4.78 is 11.0. The molecule has 0 saturated carbocycles. The van der Waals surface area contributed by atoms with E-state index in [1.807, 2.05) is 42.6 Å². The van der Waals surface area contributed by atoms with Gasteiger partial charge < -0.3 is 24.6 Å². The number of H-pyrrole nitrogens is 1. The number of aromatic amines is 1. The molecule has 0 amide bonds. The second kappa shape index (κ2) is 6.68. The van der Waals surface area contributed by atoms with Crippen LogP contribution in [-0.2, 0) is 6.54 Å². The van der Waals surface area contributed by atoms with E-state index in [-0.39, 0.29) is 6.61 Å². The molecule has 116 valence electrons. The van der Waals surface area contributed by atoms with Gasteiger partial charge in [0.2, 0.25) is 0 Å². The highest BCUT2D eigenvalue weighted by Gasteiger charge is 2.10. The van der Waals surface area contributed by atoms with Gasteiger partial charge in [0.15, 0.2) is 5.76 Å². The van der Waals surface area contributed by atoms with Crippen LogP contribution in [0.4, 0.5) is 0 Å². The summed E-state index contributed by atoms with van der Waals surface area (Å²) >= 11 is 0. The van der Waals surface area contributed by atoms with Crippen molar-refractivity contribution in [1.29, 1.82) is 0 Å². The van der Waals surface area contributed by atoms with E-state index in [0.29, 0.717) is 6.54 Å². The van der Waals surface area contributed by atoms with Crippen LogP contribution in [0.2, 0.25) is 0 Å². The van der Waals surface area contributed by atoms with E-state index in [0.717, 1.165) is 34.7 Å². The number of ether oxygens (including phenoxy) is 1. The number of quaternary nitrogens is 1. The quantitative estimate of drug-likeness (QED) is 0.620. The Morgan fingerprint density at radius 3 is 3.05 bits per heavy atom. The fourth-order valence-corrected chi connectivity index (χ4v) is 2.49. The van der Waals surface area contributed by atoms with Crippen molar-refractivity contribution in [3.63, 3.8) is 0 Å². The maximum absolute atomic E-state index is 10.0. The van der Waals surface area contributed by atoms with E-state index < -0.39 is 6.10 Å². The van der Waals surface area contributed by atoms with Crippen LogP contribution < -0.4 is 10.1 Å². The molecule has 2 aromatic heterocycles. The number of aromatic nitrogens is 1. The third kappa shape index (κ3) is 3.50. The Hall–Kier alpha value is -2.24. The summed E-state index contributed by atoms with van der Waals surface area (Å²) in [5.41, 5.74) is 2.15. The monoisotopic (exact) mass is 301 g/mol. The highest BCUT2D eigenvalue weighted by Crippen LogP contribution is 2.26. The molecule has 0 bridgehead atoms. The normalized spacial score (nSPS) is 12.6. The molecule has 0 fully saturated rings. The summed E-state index contributed by atoms with van der Waals surface area (Å²) in [7, 11) is 0. The summed E-state index contributed by atoms with van der Waals surface area (Å²) in [6, 6.07) is 11.7. The van der Waals surface area contributed by atoms with Crippen molar-refractivity contribution in [3.05, 3.63) is 54.1 Å². The number of nitrogens with two attached hydrogens (primary N) is 1. The van der Waals surface area contributed by atoms with Crippen LogP contribution >= 0.6 is 0 Å². The molecule has 1 atom stereocenters. The van der Waals surface area contributed by atoms with Gasteiger partial charge in [-0.3, -0.25) is 0 Å². The van der Waals surface area contributed by atoms with Gasteiger partial charge >= 0.3 is 0 Å². The van der Waals surface area contributed by atoms with Crippen molar-refractivity contribution >= 4 is 10.9 Å². The molecular formula is C17H21N2O3+. The fraction of sp³-hybridized carbons (Fsp3) is 0.294. The van der Waals surface area contributed by atoms with Crippen LogP contribution in [0.15, 0.2) is 47.1 Å². The predicted octanol–water partition coefficient (Wildman–Crippen LogP) is 1.57. The van der Waals surface area contributed by atoms with Gasteiger partial charge in [-0.05, 0) is 37.3 Å². The first-order valence-electron chi connectivity index (χ1n) is 7.45. The summed E-state index contributed by atoms with van der Waals surface area (Å²) in [6.07, 6.45) is 1.13. The lowest BCUT2D eigenvalue weighted by molar-refractivity contribution is -0.678. The molecule has 22 heavy (non-hydrogen) atoms. The van der Waals surface area contributed by atoms with Crippen molar-refractivity contribution in [3.8, 4) is 5.75 Å². The molecule has 5 heteroatoms. The number of hydrogen-bond acceptors (Lipinski definition) is 3. The SMILES string of the molecule is Cc1cc2c(OC[C@@H](O)C[NH2+]Cc3ccco3)cccc2[nH]1. The van der Waals surface area contributed by atoms with Gasteiger partial charge in [0.1, 0.15) is 31.5 Å². The minimum absolute atomic E-state index is 0.276. The van der Waals surface area contributed by atoms with Gasteiger partial charge in [0.25, 0.3) is 0 Å². The van der Waals surface area contributed by atoms with Crippen LogP contribution in [0.3, 0.4) is 0 Å². The summed E-state index contributed by atoms with van der Waals surface area (Å²) in [5, 5.41) is 13.1. The van der Waals surface area contributed by atoms with Crippen molar-refractivity contribution in [2.45, 2.75) is 19.6 Å². The van der Waals surface area contributed by atoms with Gasteiger partial charge in [-0.2, -0.15) is 0 Å². The summed E-state index contributed by atoms with van der Waals surface area (Å²) in [4.78, 5) is 3.28. The molecule has 2 heterocycles. The van der Waals surface area contributed by atoms with Crippen LogP contribution in [-0.4, -0.2) is 29.3 Å². The number of fused-ring (bicyclic) bond motifs is 1. The highest BCUT2D eigenvalue weighted by atomic mass is 16.5. The van der Waals surface area contributed by atoms with Crippen LogP contribution in [0.1, 0.15) is 11.5 Å². The molecule has 3 aromatic rings. The smallest absolute Gasteiger partial charge is 0.157 e. The number of rotatable bonds is 7. The second-order valence-electron chi connectivity index (χ2n) is 5.44. The molecule has 4 N–H and O–H groups in total. The maximum atomic E-state index is 10.0. The standard InChI is InChI=1S/C17H20N2O3/c1-12-8-15-16(19-12)5-2-6-17(15)22-11-13(20)9-18-10-14-4-3-7-21-14/h2-8,13,18-20H,9-11H2,1H3/p+1/t13-/m0/s1. The molecule has 0 aliphatic rings. The highest BCUT2D eigenvalue weighted by molar-refractivity contribution is 5.86. The van der Waals surface area contributed by atoms with E-state index in [1.165, 1.54) is 0 Å². The zero-order valence-corrected chi connectivity index (χ0v) is 12.6. The molecule has 0 spiro atoms. The molecule has 0 radical (unpaired) electrons. The lowest BCUT2D eigenvalue weighted by atomic mass is 10.2. The topological polar surface area (TPSA) is 75.0 Å². The third-order valence-electron chi connectivity index (χ3n) is 3.55. The zero-order valence-electron chi connectivity index (χ0n) is 12.6. The molecule has 1 aromatic carbocycles. The van der Waals surface area contributed by atoms with Gasteiger partial charge in [0, 0.05) is 16.6 Å². The number of aliphatic hydroxyl groups is 1. The Balaban J connectivity index is 1.50. The molecule has 5 nitrogen and oxygen atoms in total. The first-order chi connectivity index (χ1) is 10.7. The van der Waals surface area contributed by atoms with E-state index >= 15 is 0 Å². The molecule has 0 aliphatic carbocycles. The number of benzene rings is 1.